The standard InChI is InChI=1S/2C11H11ClFIN2O/c12-3-5-17-6-4-16-10-2-1-8(13)7-9(10)11(14)15-16;12-3-5-17-6-4-16-11(14)9-7-8(13)1-2-10(9)15-16/h2*1-2,7H,3-6H2. The fourth-order valence-electron chi connectivity index (χ4n) is 3.12. The lowest BCUT2D eigenvalue weighted by Crippen LogP contribution is -2.09. The molecule has 0 spiro atoms. The number of rotatable bonds is 10. The fraction of sp³-hybridized carbons (Fsp3) is 0.364. The van der Waals surface area contributed by atoms with Crippen molar-refractivity contribution in [2.24, 2.45) is 0 Å². The van der Waals surface area contributed by atoms with Crippen LogP contribution in [-0.4, -0.2) is 57.7 Å². The van der Waals surface area contributed by atoms with Gasteiger partial charge in [-0.1, -0.05) is 0 Å². The van der Waals surface area contributed by atoms with Gasteiger partial charge in [0.05, 0.1) is 50.6 Å². The van der Waals surface area contributed by atoms with Crippen LogP contribution in [0.5, 0.6) is 0 Å². The van der Waals surface area contributed by atoms with Crippen molar-refractivity contribution in [1.82, 2.24) is 19.6 Å². The molecule has 12 heteroatoms. The maximum atomic E-state index is 13.1. The number of hydrogen-bond acceptors (Lipinski definition) is 4. The van der Waals surface area contributed by atoms with E-state index in [0.717, 1.165) is 29.2 Å². The van der Waals surface area contributed by atoms with Gasteiger partial charge in [-0.05, 0) is 81.6 Å². The molecule has 0 aliphatic carbocycles. The van der Waals surface area contributed by atoms with E-state index < -0.39 is 0 Å². The summed E-state index contributed by atoms with van der Waals surface area (Å²) in [6.07, 6.45) is 0. The zero-order valence-electron chi connectivity index (χ0n) is 18.0. The topological polar surface area (TPSA) is 54.1 Å². The Hall–Kier alpha value is -0.800. The summed E-state index contributed by atoms with van der Waals surface area (Å²) in [5.74, 6) is 0.494. The predicted octanol–water partition coefficient (Wildman–Crippen LogP) is 6.07. The monoisotopic (exact) mass is 736 g/mol. The largest absolute Gasteiger partial charge is 0.378 e. The smallest absolute Gasteiger partial charge is 0.131 e. The van der Waals surface area contributed by atoms with E-state index in [9.17, 15) is 8.78 Å². The molecule has 0 atom stereocenters. The second kappa shape index (κ2) is 14.1. The molecule has 4 aromatic rings. The van der Waals surface area contributed by atoms with Gasteiger partial charge in [-0.2, -0.15) is 10.2 Å². The zero-order valence-corrected chi connectivity index (χ0v) is 23.8. The maximum absolute atomic E-state index is 13.1. The molecule has 0 amide bonds. The van der Waals surface area contributed by atoms with Crippen LogP contribution < -0.4 is 0 Å². The molecule has 6 nitrogen and oxygen atoms in total. The van der Waals surface area contributed by atoms with Crippen molar-refractivity contribution in [3.63, 3.8) is 0 Å². The van der Waals surface area contributed by atoms with Crippen LogP contribution in [0.3, 0.4) is 0 Å². The molecule has 0 saturated heterocycles. The van der Waals surface area contributed by atoms with Crippen molar-refractivity contribution in [3.05, 3.63) is 55.4 Å². The summed E-state index contributed by atoms with van der Waals surface area (Å²) >= 11 is 15.3. The van der Waals surface area contributed by atoms with Crippen LogP contribution in [0, 0.1) is 19.0 Å². The third kappa shape index (κ3) is 7.60. The number of hydrogen-bond donors (Lipinski definition) is 0. The Morgan fingerprint density at radius 3 is 2.00 bits per heavy atom. The molecule has 0 aliphatic rings. The normalized spacial score (nSPS) is 11.2. The van der Waals surface area contributed by atoms with E-state index in [4.69, 9.17) is 32.7 Å². The molecule has 0 aliphatic heterocycles. The molecule has 2 heterocycles. The minimum atomic E-state index is -0.242. The van der Waals surface area contributed by atoms with Crippen LogP contribution in [0.1, 0.15) is 0 Å². The number of halogens is 6. The summed E-state index contributed by atoms with van der Waals surface area (Å²) < 4.78 is 42.2. The second-order valence-electron chi connectivity index (χ2n) is 6.95. The van der Waals surface area contributed by atoms with Crippen molar-refractivity contribution < 1.29 is 18.3 Å². The summed E-state index contributed by atoms with van der Waals surface area (Å²) in [6.45, 7) is 3.46. The summed E-state index contributed by atoms with van der Waals surface area (Å²) in [5, 5.41) is 10.4. The van der Waals surface area contributed by atoms with Gasteiger partial charge in [0.15, 0.2) is 0 Å². The highest BCUT2D eigenvalue weighted by Crippen LogP contribution is 2.22. The molecular weight excluding hydrogens is 715 g/mol. The Bertz CT molecular complexity index is 1210. The second-order valence-corrected chi connectivity index (χ2v) is 9.75. The Balaban J connectivity index is 0.000000191. The van der Waals surface area contributed by atoms with Gasteiger partial charge in [0.1, 0.15) is 19.0 Å². The number of ether oxygens (including phenoxy) is 2. The number of alkyl halides is 2. The van der Waals surface area contributed by atoms with Crippen LogP contribution >= 0.6 is 68.4 Å². The van der Waals surface area contributed by atoms with Crippen molar-refractivity contribution >= 4 is 90.2 Å². The summed E-state index contributed by atoms with van der Waals surface area (Å²) in [6, 6.07) is 9.28. The summed E-state index contributed by atoms with van der Waals surface area (Å²) in [4.78, 5) is 0. The molecule has 0 fully saturated rings. The Kier molecular flexibility index (Phi) is 11.5. The van der Waals surface area contributed by atoms with E-state index in [-0.39, 0.29) is 11.6 Å². The van der Waals surface area contributed by atoms with Crippen molar-refractivity contribution in [2.75, 3.05) is 38.2 Å². The first-order chi connectivity index (χ1) is 16.4. The molecule has 2 aromatic carbocycles. The molecule has 0 unspecified atom stereocenters. The minimum Gasteiger partial charge on any atom is -0.378 e. The molecule has 4 rings (SSSR count). The number of fused-ring (bicyclic) bond motifs is 2. The zero-order chi connectivity index (χ0) is 24.5. The van der Waals surface area contributed by atoms with Gasteiger partial charge < -0.3 is 9.47 Å². The van der Waals surface area contributed by atoms with Gasteiger partial charge in [0.25, 0.3) is 0 Å². The number of nitrogens with zero attached hydrogens (tertiary/aromatic N) is 4. The molecule has 0 bridgehead atoms. The summed E-state index contributed by atoms with van der Waals surface area (Å²) in [7, 11) is 0. The molecule has 34 heavy (non-hydrogen) atoms. The predicted molar refractivity (Wildman–Crippen MR) is 148 cm³/mol. The van der Waals surface area contributed by atoms with E-state index in [2.05, 4.69) is 55.4 Å². The molecular formula is C22H22Cl2F2I2N4O2. The van der Waals surface area contributed by atoms with E-state index >= 15 is 0 Å². The molecule has 0 radical (unpaired) electrons. The van der Waals surface area contributed by atoms with Gasteiger partial charge in [0.2, 0.25) is 0 Å². The SMILES string of the molecule is Fc1ccc2c(c1)c(I)nn2CCOCCCl.Fc1ccc2nn(CCOCCCl)c(I)c2c1. The van der Waals surface area contributed by atoms with Gasteiger partial charge in [-0.25, -0.2) is 8.78 Å². The van der Waals surface area contributed by atoms with E-state index in [1.54, 1.807) is 12.1 Å². The van der Waals surface area contributed by atoms with Crippen LogP contribution in [-0.2, 0) is 22.6 Å². The van der Waals surface area contributed by atoms with Crippen LogP contribution in [0.2, 0.25) is 0 Å². The molecule has 2 aromatic heterocycles. The highest BCUT2D eigenvalue weighted by molar-refractivity contribution is 14.1. The van der Waals surface area contributed by atoms with Gasteiger partial charge in [-0.3, -0.25) is 9.36 Å². The first-order valence-corrected chi connectivity index (χ1v) is 13.6. The lowest BCUT2D eigenvalue weighted by Gasteiger charge is -2.03. The van der Waals surface area contributed by atoms with E-state index in [1.807, 2.05) is 9.36 Å². The number of aromatic nitrogens is 4. The van der Waals surface area contributed by atoms with E-state index in [0.29, 0.717) is 51.3 Å². The molecule has 184 valence electrons. The van der Waals surface area contributed by atoms with Crippen LogP contribution in [0.15, 0.2) is 36.4 Å². The maximum Gasteiger partial charge on any atom is 0.131 e. The van der Waals surface area contributed by atoms with Crippen LogP contribution in [0.25, 0.3) is 21.8 Å². The van der Waals surface area contributed by atoms with E-state index in [1.165, 1.54) is 24.3 Å². The lowest BCUT2D eigenvalue weighted by molar-refractivity contribution is 0.137. The third-order valence-corrected chi connectivity index (χ3v) is 6.88. The van der Waals surface area contributed by atoms with Gasteiger partial charge >= 0.3 is 0 Å². The summed E-state index contributed by atoms with van der Waals surface area (Å²) in [5.41, 5.74) is 1.72. The first-order valence-electron chi connectivity index (χ1n) is 10.3. The highest BCUT2D eigenvalue weighted by atomic mass is 127. The average molecular weight is 737 g/mol. The van der Waals surface area contributed by atoms with Crippen molar-refractivity contribution in [3.8, 4) is 0 Å². The average Bonchev–Trinajstić information content (AvgIpc) is 3.30. The van der Waals surface area contributed by atoms with Crippen molar-refractivity contribution in [1.29, 1.82) is 0 Å². The lowest BCUT2D eigenvalue weighted by atomic mass is 10.2. The number of benzene rings is 2. The highest BCUT2D eigenvalue weighted by Gasteiger charge is 2.10. The minimum absolute atomic E-state index is 0.242. The Labute approximate surface area is 233 Å². The third-order valence-electron chi connectivity index (χ3n) is 4.64. The van der Waals surface area contributed by atoms with Crippen LogP contribution in [0.4, 0.5) is 8.78 Å². The Morgan fingerprint density at radius 1 is 0.765 bits per heavy atom. The van der Waals surface area contributed by atoms with Gasteiger partial charge in [0, 0.05) is 22.5 Å². The van der Waals surface area contributed by atoms with Crippen molar-refractivity contribution in [2.45, 2.75) is 13.1 Å². The molecule has 0 saturated carbocycles. The van der Waals surface area contributed by atoms with Gasteiger partial charge in [-0.15, -0.1) is 23.2 Å². The first kappa shape index (κ1) is 27.8. The quantitative estimate of drug-likeness (QED) is 0.113. The fourth-order valence-corrected chi connectivity index (χ4v) is 4.81. The Morgan fingerprint density at radius 2 is 1.35 bits per heavy atom. The molecule has 0 N–H and O–H groups in total.